The van der Waals surface area contributed by atoms with Gasteiger partial charge in [-0.25, -0.2) is 0 Å². The fourth-order valence-electron chi connectivity index (χ4n) is 7.28. The molecule has 0 aromatic heterocycles. The van der Waals surface area contributed by atoms with E-state index < -0.39 is 12.1 Å². The summed E-state index contributed by atoms with van der Waals surface area (Å²) < 4.78 is 0. The first-order chi connectivity index (χ1) is 14.3. The fraction of sp³-hybridized carbons (Fsp3) is 0.680. The van der Waals surface area contributed by atoms with Crippen molar-refractivity contribution in [2.75, 3.05) is 6.54 Å². The number of hydrogen-bond acceptors (Lipinski definition) is 3. The zero-order valence-corrected chi connectivity index (χ0v) is 18.6. The van der Waals surface area contributed by atoms with Gasteiger partial charge in [-0.2, -0.15) is 0 Å². The molecule has 0 radical (unpaired) electrons. The number of benzene rings is 1. The summed E-state index contributed by atoms with van der Waals surface area (Å²) in [5, 5.41) is 3.06. The van der Waals surface area contributed by atoms with E-state index in [9.17, 15) is 9.59 Å². The first-order valence-corrected chi connectivity index (χ1v) is 11.8. The topological polar surface area (TPSA) is 75.4 Å². The molecule has 0 saturated heterocycles. The fourth-order valence-corrected chi connectivity index (χ4v) is 7.28. The third-order valence-corrected chi connectivity index (χ3v) is 8.94. The molecule has 3 saturated carbocycles. The lowest BCUT2D eigenvalue weighted by atomic mass is 9.53. The molecular weight excluding hydrogens is 374 g/mol. The molecule has 1 heterocycles. The molecule has 30 heavy (non-hydrogen) atoms. The minimum absolute atomic E-state index is 0.0275. The molecule has 4 aliphatic rings. The van der Waals surface area contributed by atoms with E-state index in [2.05, 4.69) is 48.3 Å². The highest BCUT2D eigenvalue weighted by atomic mass is 16.2. The van der Waals surface area contributed by atoms with Crippen LogP contribution in [0.2, 0.25) is 0 Å². The van der Waals surface area contributed by atoms with E-state index in [0.717, 1.165) is 5.92 Å². The first kappa shape index (κ1) is 20.0. The van der Waals surface area contributed by atoms with E-state index in [4.69, 9.17) is 5.73 Å². The van der Waals surface area contributed by atoms with Gasteiger partial charge in [-0.1, -0.05) is 45.0 Å². The van der Waals surface area contributed by atoms with Crippen molar-refractivity contribution >= 4 is 11.8 Å². The summed E-state index contributed by atoms with van der Waals surface area (Å²) in [5.41, 5.74) is 9.19. The normalized spacial score (nSPS) is 39.7. The molecular formula is C25H35N3O2. The number of nitrogens with one attached hydrogen (secondary N) is 1. The third kappa shape index (κ3) is 2.50. The predicted molar refractivity (Wildman–Crippen MR) is 117 cm³/mol. The Bertz CT molecular complexity index is 883. The van der Waals surface area contributed by atoms with Crippen LogP contribution in [0.3, 0.4) is 0 Å². The van der Waals surface area contributed by atoms with Crippen molar-refractivity contribution in [3.8, 4) is 0 Å². The van der Waals surface area contributed by atoms with Crippen LogP contribution in [0.15, 0.2) is 24.3 Å². The molecule has 1 aromatic rings. The zero-order chi connectivity index (χ0) is 21.4. The maximum Gasteiger partial charge on any atom is 0.246 e. The van der Waals surface area contributed by atoms with Crippen LogP contribution in [0.5, 0.6) is 0 Å². The van der Waals surface area contributed by atoms with Crippen LogP contribution in [-0.4, -0.2) is 41.4 Å². The Morgan fingerprint density at radius 3 is 2.60 bits per heavy atom. The summed E-state index contributed by atoms with van der Waals surface area (Å²) in [6.07, 6.45) is 3.88. The molecule has 1 spiro atoms. The number of likely N-dealkylation sites (N-methyl/N-ethyl adjacent to an activating group) is 1. The number of hydrogen-bond donors (Lipinski definition) is 2. The maximum absolute atomic E-state index is 13.8. The SMILES string of the molecule is CCN1C(=O)C(NC(=O)C(N)C(C)C)C(C)c2ccccc2C2C1C1CCC3CC312. The molecule has 8 atom stereocenters. The maximum atomic E-state index is 13.8. The van der Waals surface area contributed by atoms with E-state index in [1.807, 2.05) is 13.8 Å². The van der Waals surface area contributed by atoms with Crippen LogP contribution >= 0.6 is 0 Å². The lowest BCUT2D eigenvalue weighted by molar-refractivity contribution is -0.148. The third-order valence-electron chi connectivity index (χ3n) is 8.94. The Morgan fingerprint density at radius 1 is 1.27 bits per heavy atom. The zero-order valence-electron chi connectivity index (χ0n) is 18.6. The van der Waals surface area contributed by atoms with Crippen molar-refractivity contribution in [1.29, 1.82) is 0 Å². The van der Waals surface area contributed by atoms with Gasteiger partial charge in [-0.15, -0.1) is 0 Å². The molecule has 1 aromatic carbocycles. The number of amides is 2. The van der Waals surface area contributed by atoms with Gasteiger partial charge in [-0.05, 0) is 60.5 Å². The summed E-state index contributed by atoms with van der Waals surface area (Å²) in [4.78, 5) is 28.8. The molecule has 2 amide bonds. The van der Waals surface area contributed by atoms with Gasteiger partial charge in [0.15, 0.2) is 0 Å². The molecule has 3 N–H and O–H groups in total. The van der Waals surface area contributed by atoms with Crippen LogP contribution in [0.25, 0.3) is 0 Å². The van der Waals surface area contributed by atoms with E-state index in [1.54, 1.807) is 0 Å². The minimum atomic E-state index is -0.609. The van der Waals surface area contributed by atoms with Gasteiger partial charge in [-0.3, -0.25) is 9.59 Å². The average Bonchev–Trinajstić information content (AvgIpc) is 3.40. The second kappa shape index (κ2) is 6.81. The monoisotopic (exact) mass is 409 g/mol. The van der Waals surface area contributed by atoms with Gasteiger partial charge in [0, 0.05) is 24.4 Å². The van der Waals surface area contributed by atoms with Gasteiger partial charge in [0.25, 0.3) is 0 Å². The van der Waals surface area contributed by atoms with Crippen LogP contribution in [0.1, 0.15) is 69.9 Å². The Labute approximate surface area is 179 Å². The Hall–Kier alpha value is -1.88. The molecule has 3 fully saturated rings. The molecule has 8 unspecified atom stereocenters. The average molecular weight is 410 g/mol. The number of carbonyl (C=O) groups excluding carboxylic acids is 2. The van der Waals surface area contributed by atoms with Crippen molar-refractivity contribution in [1.82, 2.24) is 10.2 Å². The number of nitrogens with zero attached hydrogens (tertiary/aromatic N) is 1. The Morgan fingerprint density at radius 2 is 1.97 bits per heavy atom. The minimum Gasteiger partial charge on any atom is -0.342 e. The Kier molecular flexibility index (Phi) is 4.55. The molecule has 0 bridgehead atoms. The number of nitrogens with two attached hydrogens (primary N) is 1. The molecule has 5 heteroatoms. The highest BCUT2D eigenvalue weighted by Gasteiger charge is 2.78. The van der Waals surface area contributed by atoms with Crippen molar-refractivity contribution in [2.24, 2.45) is 28.9 Å². The predicted octanol–water partition coefficient (Wildman–Crippen LogP) is 3.00. The highest BCUT2D eigenvalue weighted by molar-refractivity contribution is 5.91. The number of rotatable bonds is 4. The molecule has 3 aliphatic carbocycles. The number of carbonyl (C=O) groups is 2. The molecule has 1 aliphatic heterocycles. The van der Waals surface area contributed by atoms with Gasteiger partial charge in [0.2, 0.25) is 11.8 Å². The first-order valence-electron chi connectivity index (χ1n) is 11.8. The van der Waals surface area contributed by atoms with E-state index in [0.29, 0.717) is 23.8 Å². The second-order valence-corrected chi connectivity index (χ2v) is 10.5. The summed E-state index contributed by atoms with van der Waals surface area (Å²) in [7, 11) is 0. The summed E-state index contributed by atoms with van der Waals surface area (Å²) >= 11 is 0. The summed E-state index contributed by atoms with van der Waals surface area (Å²) in [6.45, 7) is 8.73. The van der Waals surface area contributed by atoms with Gasteiger partial charge in [0.05, 0.1) is 6.04 Å². The number of fused-ring (bicyclic) bond motifs is 4. The van der Waals surface area contributed by atoms with Crippen molar-refractivity contribution in [3.05, 3.63) is 35.4 Å². The largest absolute Gasteiger partial charge is 0.342 e. The van der Waals surface area contributed by atoms with Crippen molar-refractivity contribution in [2.45, 2.75) is 76.9 Å². The quantitative estimate of drug-likeness (QED) is 0.803. The van der Waals surface area contributed by atoms with Crippen LogP contribution in [0.4, 0.5) is 0 Å². The van der Waals surface area contributed by atoms with E-state index in [-0.39, 0.29) is 29.7 Å². The smallest absolute Gasteiger partial charge is 0.246 e. The van der Waals surface area contributed by atoms with E-state index in [1.165, 1.54) is 30.4 Å². The van der Waals surface area contributed by atoms with Gasteiger partial charge in [0.1, 0.15) is 6.04 Å². The van der Waals surface area contributed by atoms with Crippen LogP contribution in [-0.2, 0) is 9.59 Å². The molecule has 5 rings (SSSR count). The van der Waals surface area contributed by atoms with Crippen molar-refractivity contribution < 1.29 is 9.59 Å². The summed E-state index contributed by atoms with van der Waals surface area (Å²) in [5.74, 6) is 1.70. The van der Waals surface area contributed by atoms with Crippen molar-refractivity contribution in [3.63, 3.8) is 0 Å². The van der Waals surface area contributed by atoms with Gasteiger partial charge < -0.3 is 16.0 Å². The molecule has 5 nitrogen and oxygen atoms in total. The van der Waals surface area contributed by atoms with E-state index >= 15 is 0 Å². The Balaban J connectivity index is 1.57. The molecule has 162 valence electrons. The lowest BCUT2D eigenvalue weighted by Crippen LogP contribution is -2.65. The van der Waals surface area contributed by atoms with Crippen LogP contribution < -0.4 is 11.1 Å². The highest BCUT2D eigenvalue weighted by Crippen LogP contribution is 2.82. The van der Waals surface area contributed by atoms with Gasteiger partial charge >= 0.3 is 0 Å². The standard InChI is InChI=1S/C25H35N3O2/c1-5-28-22-18-11-10-15-12-25(15,18)19(22)17-9-7-6-8-16(17)14(4)21(24(28)30)27-23(29)20(26)13(2)3/h6-9,13-15,18-22H,5,10-12,26H2,1-4H3,(H,27,29). The lowest BCUT2D eigenvalue weighted by Gasteiger charge is -2.58. The summed E-state index contributed by atoms with van der Waals surface area (Å²) in [6, 6.07) is 7.75. The van der Waals surface area contributed by atoms with Crippen LogP contribution in [0, 0.1) is 23.2 Å². The second-order valence-electron chi connectivity index (χ2n) is 10.5.